The van der Waals surface area contributed by atoms with Crippen molar-refractivity contribution in [3.05, 3.63) is 173 Å². The Labute approximate surface area is 323 Å². The van der Waals surface area contributed by atoms with Crippen LogP contribution in [0.3, 0.4) is 0 Å². The summed E-state index contributed by atoms with van der Waals surface area (Å²) in [4.78, 5) is 20.9. The molecule has 3 unspecified atom stereocenters. The molecule has 278 valence electrons. The number of ether oxygens (including phenoxy) is 3. The molecule has 0 aliphatic carbocycles. The molecule has 2 aliphatic heterocycles. The first-order valence-corrected chi connectivity index (χ1v) is 19.3. The molecular formula is C48H47N3O4. The molecule has 55 heavy (non-hydrogen) atoms. The van der Waals surface area contributed by atoms with Gasteiger partial charge in [0.15, 0.2) is 17.6 Å². The number of hydrogen-bond acceptors (Lipinski definition) is 6. The van der Waals surface area contributed by atoms with E-state index in [9.17, 15) is 4.79 Å². The van der Waals surface area contributed by atoms with Crippen LogP contribution in [0.25, 0.3) is 11.1 Å². The normalized spacial score (nSPS) is 16.9. The number of aromatic nitrogens is 1. The first-order chi connectivity index (χ1) is 26.9. The van der Waals surface area contributed by atoms with Gasteiger partial charge in [0, 0.05) is 31.0 Å². The van der Waals surface area contributed by atoms with Gasteiger partial charge in [-0.05, 0) is 120 Å². The van der Waals surface area contributed by atoms with Gasteiger partial charge in [-0.3, -0.25) is 14.7 Å². The van der Waals surface area contributed by atoms with Crippen molar-refractivity contribution in [2.24, 2.45) is 0 Å². The summed E-state index contributed by atoms with van der Waals surface area (Å²) < 4.78 is 18.9. The zero-order valence-corrected chi connectivity index (χ0v) is 31.7. The van der Waals surface area contributed by atoms with Crippen LogP contribution in [0.15, 0.2) is 134 Å². The third kappa shape index (κ3) is 7.98. The molecule has 1 amide bonds. The zero-order chi connectivity index (χ0) is 37.7. The summed E-state index contributed by atoms with van der Waals surface area (Å²) in [5.41, 5.74) is 10.3. The molecular weight excluding hydrogens is 683 g/mol. The first kappa shape index (κ1) is 36.1. The van der Waals surface area contributed by atoms with E-state index in [4.69, 9.17) is 14.2 Å². The number of carbonyl (C=O) groups excluding carboxylic acids is 1. The van der Waals surface area contributed by atoms with Crippen molar-refractivity contribution < 1.29 is 19.0 Å². The van der Waals surface area contributed by atoms with E-state index in [-0.39, 0.29) is 24.1 Å². The Morgan fingerprint density at radius 3 is 2.31 bits per heavy atom. The SMILES string of the molecule is CCC(c1ccccc1)N1Cc2cc3c(cc2CC1C(=O)NCCc1ccc(-c2ccnc(C)c2C)cc1)OCC(c1ccc(Oc2ccccc2)cc1)O3. The maximum atomic E-state index is 14.2. The number of para-hydroxylation sites is 1. The molecule has 1 N–H and O–H groups in total. The van der Waals surface area contributed by atoms with Crippen LogP contribution in [0.4, 0.5) is 0 Å². The van der Waals surface area contributed by atoms with Gasteiger partial charge in [0.2, 0.25) is 5.91 Å². The Balaban J connectivity index is 0.974. The number of nitrogens with one attached hydrogen (secondary N) is 1. The maximum absolute atomic E-state index is 14.2. The van der Waals surface area contributed by atoms with Crippen molar-refractivity contribution in [1.82, 2.24) is 15.2 Å². The standard InChI is InChI=1S/C48H47N3O4/c1-4-43(36-11-7-5-8-12-36)51-30-39-29-46-45(53-31-47(55-46)37-19-21-41(22-20-37)54-40-13-9-6-10-14-40)28-38(39)27-44(51)48(52)50-25-23-34-15-17-35(18-16-34)42-24-26-49-33(3)32(42)2/h5-22,24,26,28-29,43-44,47H,4,23,25,27,30-31H2,1-3H3,(H,50,52). The molecule has 7 nitrogen and oxygen atoms in total. The quantitative estimate of drug-likeness (QED) is 0.143. The number of nitrogens with zero attached hydrogens (tertiary/aromatic N) is 2. The molecule has 0 saturated carbocycles. The van der Waals surface area contributed by atoms with Crippen LogP contribution in [0.5, 0.6) is 23.0 Å². The van der Waals surface area contributed by atoms with E-state index < -0.39 is 0 Å². The Kier molecular flexibility index (Phi) is 10.6. The number of aryl methyl sites for hydroxylation is 1. The number of benzene rings is 5. The van der Waals surface area contributed by atoms with Gasteiger partial charge in [-0.2, -0.15) is 0 Å². The fraction of sp³-hybridized carbons (Fsp3) is 0.250. The van der Waals surface area contributed by atoms with Gasteiger partial charge < -0.3 is 19.5 Å². The van der Waals surface area contributed by atoms with Crippen LogP contribution in [-0.2, 0) is 24.2 Å². The molecule has 1 aromatic heterocycles. The number of amides is 1. The highest BCUT2D eigenvalue weighted by atomic mass is 16.6. The summed E-state index contributed by atoms with van der Waals surface area (Å²) in [5, 5.41) is 3.30. The van der Waals surface area contributed by atoms with E-state index in [1.165, 1.54) is 27.8 Å². The largest absolute Gasteiger partial charge is 0.485 e. The molecule has 6 aromatic rings. The molecule has 0 spiro atoms. The Hall–Kier alpha value is -5.92. The number of carbonyl (C=O) groups is 1. The van der Waals surface area contributed by atoms with Crippen molar-refractivity contribution in [2.45, 2.75) is 64.8 Å². The van der Waals surface area contributed by atoms with Crippen LogP contribution < -0.4 is 19.5 Å². The minimum Gasteiger partial charge on any atom is -0.485 e. The highest BCUT2D eigenvalue weighted by Crippen LogP contribution is 2.42. The van der Waals surface area contributed by atoms with Crippen LogP contribution in [0.2, 0.25) is 0 Å². The van der Waals surface area contributed by atoms with E-state index in [1.807, 2.05) is 73.8 Å². The number of pyridine rings is 1. The van der Waals surface area contributed by atoms with E-state index in [0.29, 0.717) is 26.1 Å². The smallest absolute Gasteiger partial charge is 0.237 e. The van der Waals surface area contributed by atoms with Crippen molar-refractivity contribution in [3.63, 3.8) is 0 Å². The van der Waals surface area contributed by atoms with Crippen molar-refractivity contribution >= 4 is 5.91 Å². The van der Waals surface area contributed by atoms with E-state index >= 15 is 0 Å². The van der Waals surface area contributed by atoms with Gasteiger partial charge >= 0.3 is 0 Å². The van der Waals surface area contributed by atoms with E-state index in [1.54, 1.807) is 0 Å². The first-order valence-electron chi connectivity index (χ1n) is 19.3. The Bertz CT molecular complexity index is 2240. The van der Waals surface area contributed by atoms with Crippen molar-refractivity contribution in [1.29, 1.82) is 0 Å². The summed E-state index contributed by atoms with van der Waals surface area (Å²) in [6.45, 7) is 7.95. The summed E-state index contributed by atoms with van der Waals surface area (Å²) in [6.07, 6.45) is 3.84. The Morgan fingerprint density at radius 2 is 1.56 bits per heavy atom. The van der Waals surface area contributed by atoms with Gasteiger partial charge in [0.05, 0.1) is 6.04 Å². The van der Waals surface area contributed by atoms with Crippen molar-refractivity contribution in [2.75, 3.05) is 13.2 Å². The molecule has 0 bridgehead atoms. The maximum Gasteiger partial charge on any atom is 0.237 e. The van der Waals surface area contributed by atoms with E-state index in [0.717, 1.165) is 58.2 Å². The van der Waals surface area contributed by atoms with Crippen LogP contribution in [-0.4, -0.2) is 35.0 Å². The lowest BCUT2D eigenvalue weighted by Gasteiger charge is -2.41. The van der Waals surface area contributed by atoms with Crippen LogP contribution in [0, 0.1) is 13.8 Å². The number of hydrogen-bond donors (Lipinski definition) is 1. The topological polar surface area (TPSA) is 72.9 Å². The average molecular weight is 730 g/mol. The molecule has 5 aromatic carbocycles. The fourth-order valence-electron chi connectivity index (χ4n) is 7.87. The van der Waals surface area contributed by atoms with Crippen molar-refractivity contribution in [3.8, 4) is 34.1 Å². The second-order valence-corrected chi connectivity index (χ2v) is 14.5. The predicted octanol–water partition coefficient (Wildman–Crippen LogP) is 9.91. The lowest BCUT2D eigenvalue weighted by atomic mass is 9.89. The highest BCUT2D eigenvalue weighted by Gasteiger charge is 2.37. The fourth-order valence-corrected chi connectivity index (χ4v) is 7.87. The zero-order valence-electron chi connectivity index (χ0n) is 31.7. The second kappa shape index (κ2) is 16.2. The molecule has 7 heteroatoms. The van der Waals surface area contributed by atoms with E-state index in [2.05, 4.69) is 95.8 Å². The minimum atomic E-state index is -0.329. The number of rotatable bonds is 11. The lowest BCUT2D eigenvalue weighted by Crippen LogP contribution is -2.51. The van der Waals surface area contributed by atoms with Crippen LogP contribution >= 0.6 is 0 Å². The molecule has 0 saturated heterocycles. The molecule has 8 rings (SSSR count). The highest BCUT2D eigenvalue weighted by molar-refractivity contribution is 5.82. The van der Waals surface area contributed by atoms with Gasteiger partial charge in [0.1, 0.15) is 18.1 Å². The third-order valence-electron chi connectivity index (χ3n) is 11.0. The molecule has 3 atom stereocenters. The third-order valence-corrected chi connectivity index (χ3v) is 11.0. The summed E-state index contributed by atoms with van der Waals surface area (Å²) >= 11 is 0. The Morgan fingerprint density at radius 1 is 0.855 bits per heavy atom. The summed E-state index contributed by atoms with van der Waals surface area (Å²) in [7, 11) is 0. The van der Waals surface area contributed by atoms with Gasteiger partial charge in [-0.15, -0.1) is 0 Å². The molecule has 0 radical (unpaired) electrons. The average Bonchev–Trinajstić information content (AvgIpc) is 3.22. The number of fused-ring (bicyclic) bond motifs is 2. The summed E-state index contributed by atoms with van der Waals surface area (Å²) in [5.74, 6) is 3.07. The second-order valence-electron chi connectivity index (χ2n) is 14.5. The molecule has 2 aliphatic rings. The summed E-state index contributed by atoms with van der Waals surface area (Å²) in [6, 6.07) is 43.0. The minimum absolute atomic E-state index is 0.0502. The monoisotopic (exact) mass is 729 g/mol. The predicted molar refractivity (Wildman–Crippen MR) is 217 cm³/mol. The van der Waals surface area contributed by atoms with Gasteiger partial charge in [-0.1, -0.05) is 91.9 Å². The molecule has 3 heterocycles. The van der Waals surface area contributed by atoms with Crippen LogP contribution in [0.1, 0.15) is 64.6 Å². The molecule has 0 fully saturated rings. The lowest BCUT2D eigenvalue weighted by molar-refractivity contribution is -0.128. The van der Waals surface area contributed by atoms with Gasteiger partial charge in [-0.25, -0.2) is 0 Å². The van der Waals surface area contributed by atoms with Gasteiger partial charge in [0.25, 0.3) is 0 Å².